The Morgan fingerprint density at radius 2 is 1.00 bits per heavy atom. The molecule has 4 aromatic rings. The summed E-state index contributed by atoms with van der Waals surface area (Å²) in [6.07, 6.45) is -0.0391. The van der Waals surface area contributed by atoms with Gasteiger partial charge in [0, 0.05) is 5.56 Å². The Bertz CT molecular complexity index is 1050. The van der Waals surface area contributed by atoms with Crippen molar-refractivity contribution < 1.29 is 9.47 Å². The molecule has 5 rings (SSSR count). The molecule has 1 heterocycles. The van der Waals surface area contributed by atoms with E-state index in [0.717, 1.165) is 5.56 Å². The smallest absolute Gasteiger partial charge is 0.184 e. The average molecular weight is 328 g/mol. The second-order valence-corrected chi connectivity index (χ2v) is 6.91. The van der Waals surface area contributed by atoms with E-state index in [2.05, 4.69) is 80.6 Å². The average Bonchev–Trinajstić information content (AvgIpc) is 3.00. The van der Waals surface area contributed by atoms with E-state index in [1.807, 2.05) is 0 Å². The summed E-state index contributed by atoms with van der Waals surface area (Å²) in [5.74, 6) is 0. The summed E-state index contributed by atoms with van der Waals surface area (Å²) in [6.45, 7) is 4.13. The fourth-order valence-electron chi connectivity index (χ4n) is 3.87. The van der Waals surface area contributed by atoms with Crippen LogP contribution in [-0.4, -0.2) is 12.2 Å². The van der Waals surface area contributed by atoms with Crippen LogP contribution in [0.25, 0.3) is 32.3 Å². The molecule has 124 valence electrons. The molecule has 0 N–H and O–H groups in total. The first-order valence-corrected chi connectivity index (χ1v) is 8.86. The Kier molecular flexibility index (Phi) is 3.30. The van der Waals surface area contributed by atoms with Crippen molar-refractivity contribution in [1.82, 2.24) is 0 Å². The normalized spacial score (nSPS) is 21.5. The fraction of sp³-hybridized carbons (Fsp3) is 0.217. The maximum Gasteiger partial charge on any atom is 0.184 e. The lowest BCUT2D eigenvalue weighted by molar-refractivity contribution is -0.0651. The quantitative estimate of drug-likeness (QED) is 0.401. The van der Waals surface area contributed by atoms with E-state index < -0.39 is 0 Å². The molecular weight excluding hydrogens is 308 g/mol. The number of ether oxygens (including phenoxy) is 2. The van der Waals surface area contributed by atoms with Gasteiger partial charge in [-0.2, -0.15) is 0 Å². The third kappa shape index (κ3) is 2.25. The minimum atomic E-state index is -0.278. The van der Waals surface area contributed by atoms with E-state index in [1.54, 1.807) is 0 Å². The maximum atomic E-state index is 5.99. The first-order valence-electron chi connectivity index (χ1n) is 8.86. The molecular formula is C23H20O2. The van der Waals surface area contributed by atoms with Crippen LogP contribution in [0, 0.1) is 0 Å². The van der Waals surface area contributed by atoms with E-state index in [9.17, 15) is 0 Å². The van der Waals surface area contributed by atoms with Crippen LogP contribution in [0.5, 0.6) is 0 Å². The van der Waals surface area contributed by atoms with Gasteiger partial charge in [0.25, 0.3) is 0 Å². The van der Waals surface area contributed by atoms with Crippen LogP contribution in [0.15, 0.2) is 66.7 Å². The molecule has 0 spiro atoms. The van der Waals surface area contributed by atoms with Crippen molar-refractivity contribution >= 4 is 32.3 Å². The van der Waals surface area contributed by atoms with Crippen molar-refractivity contribution in [2.24, 2.45) is 0 Å². The molecule has 1 aliphatic rings. The zero-order chi connectivity index (χ0) is 17.0. The molecule has 1 aliphatic heterocycles. The van der Waals surface area contributed by atoms with E-state index in [-0.39, 0.29) is 18.5 Å². The topological polar surface area (TPSA) is 18.5 Å². The van der Waals surface area contributed by atoms with Crippen molar-refractivity contribution in [3.63, 3.8) is 0 Å². The molecule has 0 amide bonds. The van der Waals surface area contributed by atoms with Crippen LogP contribution in [0.2, 0.25) is 0 Å². The molecule has 0 unspecified atom stereocenters. The molecule has 0 saturated carbocycles. The molecule has 0 aliphatic carbocycles. The van der Waals surface area contributed by atoms with Gasteiger partial charge >= 0.3 is 0 Å². The van der Waals surface area contributed by atoms with Crippen molar-refractivity contribution in [1.29, 1.82) is 0 Å². The zero-order valence-corrected chi connectivity index (χ0v) is 14.4. The molecule has 2 heteroatoms. The minimum absolute atomic E-state index is 0.119. The molecule has 1 fully saturated rings. The lowest BCUT2D eigenvalue weighted by Crippen LogP contribution is -2.13. The number of benzene rings is 4. The largest absolute Gasteiger partial charge is 0.343 e. The highest BCUT2D eigenvalue weighted by Gasteiger charge is 2.30. The van der Waals surface area contributed by atoms with Gasteiger partial charge in [-0.25, -0.2) is 0 Å². The third-order valence-electron chi connectivity index (χ3n) is 5.38. The van der Waals surface area contributed by atoms with Crippen molar-refractivity contribution in [2.75, 3.05) is 0 Å². The van der Waals surface area contributed by atoms with Gasteiger partial charge in [0.1, 0.15) is 0 Å². The van der Waals surface area contributed by atoms with Gasteiger partial charge in [0.05, 0.1) is 12.2 Å². The Morgan fingerprint density at radius 3 is 1.52 bits per heavy atom. The second kappa shape index (κ2) is 5.55. The lowest BCUT2D eigenvalue weighted by Gasteiger charge is -2.14. The zero-order valence-electron chi connectivity index (χ0n) is 14.4. The molecule has 0 aromatic heterocycles. The Balaban J connectivity index is 1.82. The molecule has 2 nitrogen and oxygen atoms in total. The number of fused-ring (bicyclic) bond motifs is 6. The molecule has 2 atom stereocenters. The van der Waals surface area contributed by atoms with Gasteiger partial charge in [-0.1, -0.05) is 60.7 Å². The summed E-state index contributed by atoms with van der Waals surface area (Å²) in [4.78, 5) is 0. The van der Waals surface area contributed by atoms with Gasteiger partial charge < -0.3 is 9.47 Å². The van der Waals surface area contributed by atoms with Crippen molar-refractivity contribution in [3.8, 4) is 0 Å². The predicted octanol–water partition coefficient (Wildman–Crippen LogP) is 5.97. The molecule has 0 radical (unpaired) electrons. The monoisotopic (exact) mass is 328 g/mol. The van der Waals surface area contributed by atoms with Crippen molar-refractivity contribution in [3.05, 3.63) is 72.3 Å². The highest BCUT2D eigenvalue weighted by Crippen LogP contribution is 2.38. The summed E-state index contributed by atoms with van der Waals surface area (Å²) in [7, 11) is 0. The minimum Gasteiger partial charge on any atom is -0.343 e. The summed E-state index contributed by atoms with van der Waals surface area (Å²) in [6, 6.07) is 23.8. The van der Waals surface area contributed by atoms with E-state index in [0.29, 0.717) is 0 Å². The Labute approximate surface area is 147 Å². The van der Waals surface area contributed by atoms with Crippen LogP contribution >= 0.6 is 0 Å². The van der Waals surface area contributed by atoms with Gasteiger partial charge in [0.15, 0.2) is 6.29 Å². The van der Waals surface area contributed by atoms with Crippen LogP contribution in [-0.2, 0) is 9.47 Å². The molecule has 4 aromatic carbocycles. The van der Waals surface area contributed by atoms with E-state index in [1.165, 1.54) is 32.3 Å². The fourth-order valence-corrected chi connectivity index (χ4v) is 3.87. The standard InChI is InChI=1S/C23H20O2/c1-14-15(2)25-23(24-14)16-11-12-21-19-9-4-3-7-17(19)18-8-5-6-10-20(18)22(21)13-16/h3-15,23H,1-2H3/t14-,15-/m1/s1. The second-order valence-electron chi connectivity index (χ2n) is 6.91. The Hall–Kier alpha value is -2.42. The first kappa shape index (κ1) is 14.9. The van der Waals surface area contributed by atoms with Crippen molar-refractivity contribution in [2.45, 2.75) is 32.3 Å². The van der Waals surface area contributed by atoms with Gasteiger partial charge in [-0.15, -0.1) is 0 Å². The highest BCUT2D eigenvalue weighted by molar-refractivity contribution is 6.25. The highest BCUT2D eigenvalue weighted by atomic mass is 16.7. The molecule has 25 heavy (non-hydrogen) atoms. The van der Waals surface area contributed by atoms with E-state index in [4.69, 9.17) is 9.47 Å². The first-order chi connectivity index (χ1) is 12.2. The van der Waals surface area contributed by atoms with Crippen LogP contribution in [0.4, 0.5) is 0 Å². The number of rotatable bonds is 1. The maximum absolute atomic E-state index is 5.99. The Morgan fingerprint density at radius 1 is 0.560 bits per heavy atom. The SMILES string of the molecule is C[C@H]1OC(c2ccc3c4ccccc4c4ccccc4c3c2)O[C@@H]1C. The van der Waals surface area contributed by atoms with E-state index >= 15 is 0 Å². The van der Waals surface area contributed by atoms with Crippen LogP contribution in [0.1, 0.15) is 25.7 Å². The van der Waals surface area contributed by atoms with Crippen LogP contribution in [0.3, 0.4) is 0 Å². The number of hydrogen-bond acceptors (Lipinski definition) is 2. The summed E-state index contributed by atoms with van der Waals surface area (Å²) in [5.41, 5.74) is 1.09. The summed E-state index contributed by atoms with van der Waals surface area (Å²) < 4.78 is 12.0. The lowest BCUT2D eigenvalue weighted by atomic mass is 9.93. The molecule has 1 saturated heterocycles. The number of hydrogen-bond donors (Lipinski definition) is 0. The predicted molar refractivity (Wildman–Crippen MR) is 103 cm³/mol. The molecule has 0 bridgehead atoms. The van der Waals surface area contributed by atoms with Gasteiger partial charge in [0.2, 0.25) is 0 Å². The summed E-state index contributed by atoms with van der Waals surface area (Å²) >= 11 is 0. The third-order valence-corrected chi connectivity index (χ3v) is 5.38. The van der Waals surface area contributed by atoms with Gasteiger partial charge in [-0.3, -0.25) is 0 Å². The summed E-state index contributed by atoms with van der Waals surface area (Å²) in [5, 5.41) is 7.69. The van der Waals surface area contributed by atoms with Gasteiger partial charge in [-0.05, 0) is 52.2 Å². The van der Waals surface area contributed by atoms with Crippen LogP contribution < -0.4 is 0 Å².